The molecular formula is C25H37N7O2. The number of piperazine rings is 1. The van der Waals surface area contributed by atoms with E-state index in [-0.39, 0.29) is 17.5 Å². The van der Waals surface area contributed by atoms with Crippen LogP contribution in [0.4, 0.5) is 0 Å². The number of fused-ring (bicyclic) bond motifs is 1. The largest absolute Gasteiger partial charge is 0.383 e. The van der Waals surface area contributed by atoms with Crippen LogP contribution in [0.2, 0.25) is 0 Å². The van der Waals surface area contributed by atoms with Gasteiger partial charge in [-0.05, 0) is 39.2 Å². The second kappa shape index (κ2) is 10.8. The van der Waals surface area contributed by atoms with Crippen molar-refractivity contribution in [1.82, 2.24) is 19.6 Å². The molecule has 34 heavy (non-hydrogen) atoms. The molecule has 2 fully saturated rings. The second-order valence-electron chi connectivity index (χ2n) is 9.82. The molecule has 4 rings (SSSR count). The van der Waals surface area contributed by atoms with E-state index < -0.39 is 5.54 Å². The Balaban J connectivity index is 1.69. The molecule has 4 aliphatic heterocycles. The third kappa shape index (κ3) is 4.95. The van der Waals surface area contributed by atoms with Gasteiger partial charge in [0.1, 0.15) is 17.7 Å². The summed E-state index contributed by atoms with van der Waals surface area (Å²) in [6.07, 6.45) is 8.65. The van der Waals surface area contributed by atoms with Crippen LogP contribution in [0, 0.1) is 11.3 Å². The number of hydrogen-bond donors (Lipinski definition) is 0. The van der Waals surface area contributed by atoms with Gasteiger partial charge in [-0.3, -0.25) is 24.6 Å². The normalized spacial score (nSPS) is 24.5. The predicted octanol–water partition coefficient (Wildman–Crippen LogP) is 1.50. The lowest BCUT2D eigenvalue weighted by atomic mass is 9.90. The summed E-state index contributed by atoms with van der Waals surface area (Å²) in [6, 6.07) is 2.26. The smallest absolute Gasteiger partial charge is 0.266 e. The molecule has 9 nitrogen and oxygen atoms in total. The highest BCUT2D eigenvalue weighted by atomic mass is 16.5. The van der Waals surface area contributed by atoms with Crippen molar-refractivity contribution in [2.24, 2.45) is 9.98 Å². The van der Waals surface area contributed by atoms with Crippen LogP contribution in [0.15, 0.2) is 33.0 Å². The highest BCUT2D eigenvalue weighted by molar-refractivity contribution is 5.99. The molecule has 0 aliphatic carbocycles. The number of carbonyl (C=O) groups excluding carboxylic acids is 1. The number of methoxy groups -OCH3 is 1. The fourth-order valence-electron chi connectivity index (χ4n) is 5.34. The van der Waals surface area contributed by atoms with Crippen molar-refractivity contribution in [3.8, 4) is 6.07 Å². The minimum Gasteiger partial charge on any atom is -0.383 e. The molecule has 0 radical (unpaired) electrons. The number of ether oxygens (including phenoxy) is 1. The van der Waals surface area contributed by atoms with Crippen molar-refractivity contribution in [3.63, 3.8) is 0 Å². The van der Waals surface area contributed by atoms with Gasteiger partial charge in [-0.15, -0.1) is 0 Å². The van der Waals surface area contributed by atoms with Gasteiger partial charge in [-0.2, -0.15) is 5.26 Å². The molecule has 0 aromatic heterocycles. The van der Waals surface area contributed by atoms with Crippen molar-refractivity contribution in [2.75, 3.05) is 66.1 Å². The summed E-state index contributed by atoms with van der Waals surface area (Å²) in [6.45, 7) is 11.5. The average Bonchev–Trinajstić information content (AvgIpc) is 3.29. The van der Waals surface area contributed by atoms with E-state index >= 15 is 0 Å². The van der Waals surface area contributed by atoms with Crippen LogP contribution in [-0.4, -0.2) is 116 Å². The summed E-state index contributed by atoms with van der Waals surface area (Å²) in [7, 11) is 1.73. The highest BCUT2D eigenvalue weighted by Crippen LogP contribution is 2.36. The van der Waals surface area contributed by atoms with Crippen molar-refractivity contribution in [3.05, 3.63) is 23.0 Å². The van der Waals surface area contributed by atoms with Gasteiger partial charge >= 0.3 is 0 Å². The third-order valence-electron chi connectivity index (χ3n) is 7.41. The van der Waals surface area contributed by atoms with Gasteiger partial charge in [-0.1, -0.05) is 0 Å². The third-order valence-corrected chi connectivity index (χ3v) is 7.41. The van der Waals surface area contributed by atoms with Crippen LogP contribution in [-0.2, 0) is 9.53 Å². The fourth-order valence-corrected chi connectivity index (χ4v) is 5.34. The number of dihydropyridines is 1. The summed E-state index contributed by atoms with van der Waals surface area (Å²) in [5, 5.41) is 10.3. The van der Waals surface area contributed by atoms with Crippen molar-refractivity contribution in [1.29, 1.82) is 5.26 Å². The molecule has 2 saturated heterocycles. The number of aliphatic imine (C=N–C) groups is 2. The highest BCUT2D eigenvalue weighted by Gasteiger charge is 2.43. The molecule has 4 aliphatic rings. The monoisotopic (exact) mass is 467 g/mol. The number of hydrogen-bond acceptors (Lipinski definition) is 8. The molecule has 1 amide bonds. The SMILES string of the molecule is COCCN1CCN(C(C)(C)C(=C(C#N)C(=O)N2CCCCC2)N2C=NC3CN=CC=C32)CC1. The zero-order valence-corrected chi connectivity index (χ0v) is 20.7. The molecule has 9 heteroatoms. The number of rotatable bonds is 7. The first kappa shape index (κ1) is 24.6. The van der Waals surface area contributed by atoms with E-state index in [1.807, 2.05) is 15.9 Å². The lowest BCUT2D eigenvalue weighted by Crippen LogP contribution is -2.58. The quantitative estimate of drug-likeness (QED) is 0.417. The number of nitrogens with zero attached hydrogens (tertiary/aromatic N) is 7. The number of carbonyl (C=O) groups is 1. The zero-order valence-electron chi connectivity index (χ0n) is 20.7. The summed E-state index contributed by atoms with van der Waals surface area (Å²) in [5.74, 6) is -0.161. The fraction of sp³-hybridized carbons (Fsp3) is 0.680. The summed E-state index contributed by atoms with van der Waals surface area (Å²) >= 11 is 0. The van der Waals surface area contributed by atoms with E-state index in [4.69, 9.17) is 4.74 Å². The minimum absolute atomic E-state index is 0.0632. The number of allylic oxidation sites excluding steroid dienone is 1. The number of likely N-dealkylation sites (tertiary alicyclic amines) is 1. The first-order valence-electron chi connectivity index (χ1n) is 12.4. The Morgan fingerprint density at radius 2 is 1.91 bits per heavy atom. The van der Waals surface area contributed by atoms with Gasteiger partial charge in [0.25, 0.3) is 5.91 Å². The maximum Gasteiger partial charge on any atom is 0.266 e. The lowest BCUT2D eigenvalue weighted by Gasteiger charge is -2.47. The van der Waals surface area contributed by atoms with E-state index in [1.165, 1.54) is 0 Å². The molecular weight excluding hydrogens is 430 g/mol. The molecule has 1 unspecified atom stereocenters. The lowest BCUT2D eigenvalue weighted by molar-refractivity contribution is -0.127. The van der Waals surface area contributed by atoms with Gasteiger partial charge in [0.05, 0.1) is 36.4 Å². The van der Waals surface area contributed by atoms with Crippen molar-refractivity contribution >= 4 is 18.5 Å². The van der Waals surface area contributed by atoms with Crippen LogP contribution in [0.25, 0.3) is 0 Å². The molecule has 0 bridgehead atoms. The topological polar surface area (TPSA) is 87.8 Å². The van der Waals surface area contributed by atoms with Crippen molar-refractivity contribution in [2.45, 2.75) is 44.7 Å². The van der Waals surface area contributed by atoms with Gasteiger partial charge < -0.3 is 14.5 Å². The predicted molar refractivity (Wildman–Crippen MR) is 133 cm³/mol. The molecule has 0 saturated carbocycles. The Morgan fingerprint density at radius 3 is 2.59 bits per heavy atom. The van der Waals surface area contributed by atoms with Crippen LogP contribution >= 0.6 is 0 Å². The molecule has 0 spiro atoms. The van der Waals surface area contributed by atoms with Gasteiger partial charge in [0, 0.05) is 59.1 Å². The Hall–Kier alpha value is -2.54. The van der Waals surface area contributed by atoms with E-state index in [0.717, 1.165) is 70.0 Å². The van der Waals surface area contributed by atoms with E-state index in [1.54, 1.807) is 19.7 Å². The Morgan fingerprint density at radius 1 is 1.18 bits per heavy atom. The Labute approximate surface area is 203 Å². The average molecular weight is 468 g/mol. The maximum absolute atomic E-state index is 13.7. The van der Waals surface area contributed by atoms with Gasteiger partial charge in [-0.25, -0.2) is 0 Å². The zero-order chi connectivity index (χ0) is 24.1. The van der Waals surface area contributed by atoms with Crippen LogP contribution < -0.4 is 0 Å². The van der Waals surface area contributed by atoms with Crippen molar-refractivity contribution < 1.29 is 9.53 Å². The molecule has 0 aromatic rings. The first-order valence-corrected chi connectivity index (χ1v) is 12.4. The van der Waals surface area contributed by atoms with E-state index in [9.17, 15) is 10.1 Å². The van der Waals surface area contributed by atoms with Crippen LogP contribution in [0.1, 0.15) is 33.1 Å². The number of amides is 1. The number of piperidine rings is 1. The summed E-state index contributed by atoms with van der Waals surface area (Å²) in [5.41, 5.74) is 1.39. The molecule has 0 N–H and O–H groups in total. The Bertz CT molecular complexity index is 916. The molecule has 4 heterocycles. The van der Waals surface area contributed by atoms with Gasteiger partial charge in [0.2, 0.25) is 0 Å². The van der Waals surface area contributed by atoms with Crippen LogP contribution in [0.5, 0.6) is 0 Å². The molecule has 0 aromatic carbocycles. The van der Waals surface area contributed by atoms with Crippen LogP contribution in [0.3, 0.4) is 0 Å². The second-order valence-corrected chi connectivity index (χ2v) is 9.82. The Kier molecular flexibility index (Phi) is 7.81. The minimum atomic E-state index is -0.541. The van der Waals surface area contributed by atoms with E-state index in [0.29, 0.717) is 19.6 Å². The first-order chi connectivity index (χ1) is 16.5. The molecule has 184 valence electrons. The standard InChI is InChI=1S/C25H37N7O2/c1-25(2,31-13-11-29(12-14-31)15-16-34-3)23(32-19-28-21-18-27-8-7-22(21)32)20(17-26)24(33)30-9-5-4-6-10-30/h7-8,19,21H,4-6,9-16,18H2,1-3H3. The maximum atomic E-state index is 13.7. The van der Waals surface area contributed by atoms with Gasteiger partial charge in [0.15, 0.2) is 0 Å². The number of nitriles is 1. The molecule has 1 atom stereocenters. The summed E-state index contributed by atoms with van der Waals surface area (Å²) in [4.78, 5) is 31.3. The van der Waals surface area contributed by atoms with E-state index in [2.05, 4.69) is 39.7 Å². The summed E-state index contributed by atoms with van der Waals surface area (Å²) < 4.78 is 5.25.